The Labute approximate surface area is 249 Å². The van der Waals surface area contributed by atoms with Crippen LogP contribution in [0.1, 0.15) is 43.2 Å². The molecule has 2 N–H and O–H groups in total. The highest BCUT2D eigenvalue weighted by atomic mass is 16.5. The Morgan fingerprint density at radius 1 is 1.12 bits per heavy atom. The Hall–Kier alpha value is -5.43. The number of anilines is 1. The number of piperidine rings is 1. The highest BCUT2D eigenvalue weighted by Crippen LogP contribution is 2.40. The number of hydrogen-bond acceptors (Lipinski definition) is 8. The lowest BCUT2D eigenvalue weighted by atomic mass is 9.96. The molecule has 10 nitrogen and oxygen atoms in total. The molecule has 43 heavy (non-hydrogen) atoms. The fourth-order valence-electron chi connectivity index (χ4n) is 5.40. The van der Waals surface area contributed by atoms with E-state index in [1.165, 1.54) is 12.4 Å². The first kappa shape index (κ1) is 27.7. The molecular weight excluding hydrogens is 542 g/mol. The van der Waals surface area contributed by atoms with E-state index in [1.54, 1.807) is 6.92 Å². The predicted molar refractivity (Wildman–Crippen MR) is 163 cm³/mol. The van der Waals surface area contributed by atoms with Gasteiger partial charge in [-0.2, -0.15) is 4.98 Å². The van der Waals surface area contributed by atoms with Gasteiger partial charge in [0.2, 0.25) is 11.8 Å². The Bertz CT molecular complexity index is 1840. The third kappa shape index (κ3) is 5.57. The van der Waals surface area contributed by atoms with Gasteiger partial charge in [0.05, 0.1) is 11.4 Å². The number of amides is 1. The molecule has 2 aromatic carbocycles. The van der Waals surface area contributed by atoms with E-state index in [0.29, 0.717) is 47.4 Å². The van der Waals surface area contributed by atoms with Crippen molar-refractivity contribution in [3.05, 3.63) is 91.0 Å². The number of hydrogen-bond donors (Lipinski definition) is 1. The number of nitrogens with two attached hydrogens (primary N) is 1. The van der Waals surface area contributed by atoms with Crippen LogP contribution in [0.2, 0.25) is 0 Å². The highest BCUT2D eigenvalue weighted by Gasteiger charge is 2.27. The van der Waals surface area contributed by atoms with Gasteiger partial charge >= 0.3 is 0 Å². The smallest absolute Gasteiger partial charge is 0.245 e. The lowest BCUT2D eigenvalue weighted by Crippen LogP contribution is -2.37. The predicted octanol–water partition coefficient (Wildman–Crippen LogP) is 5.55. The highest BCUT2D eigenvalue weighted by molar-refractivity contribution is 6.03. The average Bonchev–Trinajstić information content (AvgIpc) is 3.62. The lowest BCUT2D eigenvalue weighted by Gasteiger charge is -2.28. The van der Waals surface area contributed by atoms with E-state index in [0.717, 1.165) is 35.4 Å². The zero-order chi connectivity index (χ0) is 29.9. The summed E-state index contributed by atoms with van der Waals surface area (Å²) < 4.78 is 13.3. The molecule has 0 spiro atoms. The zero-order valence-corrected chi connectivity index (χ0v) is 24.0. The van der Waals surface area contributed by atoms with Gasteiger partial charge in [-0.3, -0.25) is 4.79 Å². The quantitative estimate of drug-likeness (QED) is 0.207. The fourth-order valence-corrected chi connectivity index (χ4v) is 5.40. The second-order valence-electron chi connectivity index (χ2n) is 10.4. The molecule has 1 amide bonds. The van der Waals surface area contributed by atoms with E-state index in [1.807, 2.05) is 71.0 Å². The molecule has 3 aromatic heterocycles. The molecule has 1 aliphatic heterocycles. The number of aromatic nitrogens is 5. The first-order chi connectivity index (χ1) is 20.9. The maximum absolute atomic E-state index is 12.1. The number of ether oxygens (including phenoxy) is 1. The van der Waals surface area contributed by atoms with Gasteiger partial charge in [-0.1, -0.05) is 48.0 Å². The number of rotatable bonds is 6. The molecule has 1 unspecified atom stereocenters. The van der Waals surface area contributed by atoms with E-state index < -0.39 is 0 Å². The van der Waals surface area contributed by atoms with Crippen LogP contribution in [-0.4, -0.2) is 48.6 Å². The largest absolute Gasteiger partial charge is 0.457 e. The Kier molecular flexibility index (Phi) is 7.62. The zero-order valence-electron chi connectivity index (χ0n) is 24.0. The van der Waals surface area contributed by atoms with Crippen molar-refractivity contribution < 1.29 is 14.1 Å². The maximum atomic E-state index is 12.1. The molecule has 1 aliphatic rings. The average molecular weight is 574 g/mol. The summed E-state index contributed by atoms with van der Waals surface area (Å²) in [6.45, 7) is 8.62. The Morgan fingerprint density at radius 2 is 1.84 bits per heavy atom. The van der Waals surface area contributed by atoms with Gasteiger partial charge in [-0.25, -0.2) is 9.97 Å². The van der Waals surface area contributed by atoms with Crippen molar-refractivity contribution in [2.75, 3.05) is 18.8 Å². The molecule has 0 saturated carbocycles. The number of carbonyl (C=O) groups excluding carboxylic acids is 1. The number of aryl methyl sites for hydroxylation is 1. The molecule has 1 atom stereocenters. The van der Waals surface area contributed by atoms with Crippen LogP contribution in [0.5, 0.6) is 11.5 Å². The van der Waals surface area contributed by atoms with Crippen molar-refractivity contribution in [3.8, 4) is 34.5 Å². The molecule has 4 heterocycles. The fraction of sp³-hybridized carbons (Fsp3) is 0.242. The molecule has 216 valence electrons. The van der Waals surface area contributed by atoms with Gasteiger partial charge < -0.3 is 24.5 Å². The second kappa shape index (κ2) is 11.8. The van der Waals surface area contributed by atoms with E-state index in [9.17, 15) is 4.79 Å². The van der Waals surface area contributed by atoms with Crippen LogP contribution in [0.3, 0.4) is 0 Å². The van der Waals surface area contributed by atoms with Crippen LogP contribution in [0.25, 0.3) is 22.2 Å². The number of fused-ring (bicyclic) bond motifs is 1. The number of nitrogen functional groups attached to an aromatic ring is 1. The summed E-state index contributed by atoms with van der Waals surface area (Å²) in [5, 5.41) is 4.88. The van der Waals surface area contributed by atoms with E-state index in [2.05, 4.69) is 38.5 Å². The maximum Gasteiger partial charge on any atom is 0.245 e. The van der Waals surface area contributed by atoms with Gasteiger partial charge in [-0.05, 0) is 61.6 Å². The molecular formula is C33H31N7O3. The molecule has 6 rings (SSSR count). The van der Waals surface area contributed by atoms with Crippen LogP contribution in [-0.2, 0) is 4.79 Å². The number of para-hydroxylation sites is 1. The minimum atomic E-state index is -0.361. The number of carbonyl (C=O) groups is 1. The summed E-state index contributed by atoms with van der Waals surface area (Å²) in [4.78, 5) is 27.4. The first-order valence-corrected chi connectivity index (χ1v) is 14.1. The van der Waals surface area contributed by atoms with Gasteiger partial charge in [0.25, 0.3) is 0 Å². The first-order valence-electron chi connectivity index (χ1n) is 14.1. The minimum absolute atomic E-state index is 0.0493. The van der Waals surface area contributed by atoms with Crippen LogP contribution in [0, 0.1) is 24.7 Å². The van der Waals surface area contributed by atoms with Crippen LogP contribution in [0.4, 0.5) is 5.82 Å². The summed E-state index contributed by atoms with van der Waals surface area (Å²) in [6, 6.07) is 17.1. The van der Waals surface area contributed by atoms with Crippen molar-refractivity contribution >= 4 is 22.8 Å². The SMILES string of the molecule is C=CC(=O)N1CCC(C#Cc2c(-c3ccc(Oc4ccccc4)cc3)c3c(N)ncnc3n2C(C)c2noc(C)n2)CC1. The van der Waals surface area contributed by atoms with Gasteiger partial charge in [0.1, 0.15) is 35.0 Å². The normalized spacial score (nSPS) is 14.2. The molecule has 1 saturated heterocycles. The lowest BCUT2D eigenvalue weighted by molar-refractivity contribution is -0.127. The Balaban J connectivity index is 1.46. The number of benzene rings is 2. The second-order valence-corrected chi connectivity index (χ2v) is 10.4. The molecule has 0 bridgehead atoms. The molecule has 0 aliphatic carbocycles. The van der Waals surface area contributed by atoms with Gasteiger partial charge in [0.15, 0.2) is 5.82 Å². The molecule has 10 heteroatoms. The monoisotopic (exact) mass is 573 g/mol. The van der Waals surface area contributed by atoms with Crippen molar-refractivity contribution in [3.63, 3.8) is 0 Å². The van der Waals surface area contributed by atoms with Gasteiger partial charge in [0, 0.05) is 31.5 Å². The Morgan fingerprint density at radius 3 is 2.51 bits per heavy atom. The number of nitrogens with zero attached hydrogens (tertiary/aromatic N) is 6. The van der Waals surface area contributed by atoms with Crippen molar-refractivity contribution in [2.24, 2.45) is 5.92 Å². The number of likely N-dealkylation sites (tertiary alicyclic amines) is 1. The van der Waals surface area contributed by atoms with Crippen molar-refractivity contribution in [1.82, 2.24) is 29.6 Å². The summed E-state index contributed by atoms with van der Waals surface area (Å²) in [5.41, 5.74) is 9.56. The molecule has 0 radical (unpaired) electrons. The topological polar surface area (TPSA) is 125 Å². The summed E-state index contributed by atoms with van der Waals surface area (Å²) in [7, 11) is 0. The van der Waals surface area contributed by atoms with Crippen LogP contribution >= 0.6 is 0 Å². The third-order valence-corrected chi connectivity index (χ3v) is 7.61. The minimum Gasteiger partial charge on any atom is -0.457 e. The van der Waals surface area contributed by atoms with E-state index in [4.69, 9.17) is 15.0 Å². The third-order valence-electron chi connectivity index (χ3n) is 7.61. The van der Waals surface area contributed by atoms with Crippen LogP contribution in [0.15, 0.2) is 78.1 Å². The van der Waals surface area contributed by atoms with Crippen molar-refractivity contribution in [2.45, 2.75) is 32.7 Å². The molecule has 1 fully saturated rings. The van der Waals surface area contributed by atoms with Crippen LogP contribution < -0.4 is 10.5 Å². The molecule has 5 aromatic rings. The summed E-state index contributed by atoms with van der Waals surface area (Å²) in [5.74, 6) is 9.81. The summed E-state index contributed by atoms with van der Waals surface area (Å²) >= 11 is 0. The van der Waals surface area contributed by atoms with E-state index in [-0.39, 0.29) is 17.9 Å². The van der Waals surface area contributed by atoms with Crippen molar-refractivity contribution in [1.29, 1.82) is 0 Å². The summed E-state index contributed by atoms with van der Waals surface area (Å²) in [6.07, 6.45) is 4.36. The van der Waals surface area contributed by atoms with E-state index >= 15 is 0 Å². The van der Waals surface area contributed by atoms with Gasteiger partial charge in [-0.15, -0.1) is 0 Å². The standard InChI is InChI=1S/C33H31N7O3/c1-4-28(41)39-18-16-23(17-19-39)10-15-27-29(24-11-13-26(14-12-24)42-25-8-6-5-7-9-25)30-31(34)35-20-36-33(30)40(27)21(2)32-37-22(3)43-38-32/h4-9,11-14,20-21,23H,1,16-19H2,2-3H3,(H2,34,35,36).